The van der Waals surface area contributed by atoms with Crippen molar-refractivity contribution in [3.05, 3.63) is 130 Å². The van der Waals surface area contributed by atoms with Crippen molar-refractivity contribution in [2.24, 2.45) is 0 Å². The topological polar surface area (TPSA) is 3.24 Å². The highest BCUT2D eigenvalue weighted by molar-refractivity contribution is 5.83. The molecular weight excluding hydrogens is 434 g/mol. The van der Waals surface area contributed by atoms with E-state index < -0.39 is 0 Å². The molecule has 4 aromatic rings. The van der Waals surface area contributed by atoms with Crippen LogP contribution < -0.4 is 4.90 Å². The van der Waals surface area contributed by atoms with Crippen molar-refractivity contribution < 1.29 is 0 Å². The van der Waals surface area contributed by atoms with E-state index in [1.165, 1.54) is 55.9 Å². The molecule has 1 heteroatoms. The van der Waals surface area contributed by atoms with Crippen LogP contribution in [0.1, 0.15) is 61.1 Å². The van der Waals surface area contributed by atoms with Crippen LogP contribution in [0.4, 0.5) is 11.4 Å². The first-order chi connectivity index (χ1) is 17.5. The third kappa shape index (κ3) is 5.06. The molecule has 180 valence electrons. The van der Waals surface area contributed by atoms with E-state index in [9.17, 15) is 0 Å². The zero-order valence-electron chi connectivity index (χ0n) is 21.8. The minimum absolute atomic E-state index is 0.375. The fraction of sp³-hybridized carbons (Fsp3) is 0.200. The lowest BCUT2D eigenvalue weighted by Gasteiger charge is -2.31. The predicted octanol–water partition coefficient (Wildman–Crippen LogP) is 9.45. The summed E-state index contributed by atoms with van der Waals surface area (Å²) in [6.45, 7) is 8.98. The molecule has 1 heterocycles. The number of nitrogens with zero attached hydrogens (tertiary/aromatic N) is 1. The Bertz CT molecular complexity index is 1300. The standard InChI is InChI=1S/C35H35N/c1-25(2)36-34-19-15-28(21-26(3)30-11-7-5-8-12-30)23-32(34)17-18-33-24-29(16-20-35(33)36)22-27(4)31-13-9-6-10-14-31/h5-16,19-25H,17-18H2,1-4H3. The summed E-state index contributed by atoms with van der Waals surface area (Å²) in [4.78, 5) is 2.52. The zero-order chi connectivity index (χ0) is 25.1. The lowest BCUT2D eigenvalue weighted by molar-refractivity contribution is 0.787. The fourth-order valence-corrected chi connectivity index (χ4v) is 5.29. The average Bonchev–Trinajstić information content (AvgIpc) is 3.06. The van der Waals surface area contributed by atoms with Crippen LogP contribution in [0.3, 0.4) is 0 Å². The molecule has 4 aromatic carbocycles. The zero-order valence-corrected chi connectivity index (χ0v) is 21.8. The summed E-state index contributed by atoms with van der Waals surface area (Å²) in [7, 11) is 0. The maximum Gasteiger partial charge on any atom is 0.0446 e. The van der Waals surface area contributed by atoms with Gasteiger partial charge in [0.1, 0.15) is 0 Å². The Morgan fingerprint density at radius 2 is 1.03 bits per heavy atom. The van der Waals surface area contributed by atoms with E-state index >= 15 is 0 Å². The second-order valence-corrected chi connectivity index (χ2v) is 10.1. The number of anilines is 2. The van der Waals surface area contributed by atoms with Crippen molar-refractivity contribution in [3.8, 4) is 0 Å². The molecule has 0 spiro atoms. The second kappa shape index (κ2) is 10.4. The molecular formula is C35H35N. The van der Waals surface area contributed by atoms with E-state index in [0.29, 0.717) is 6.04 Å². The van der Waals surface area contributed by atoms with Gasteiger partial charge in [0.25, 0.3) is 0 Å². The summed E-state index contributed by atoms with van der Waals surface area (Å²) in [6, 6.07) is 35.6. The van der Waals surface area contributed by atoms with Gasteiger partial charge in [-0.25, -0.2) is 0 Å². The maximum absolute atomic E-state index is 2.52. The molecule has 1 nitrogen and oxygen atoms in total. The Morgan fingerprint density at radius 1 is 0.611 bits per heavy atom. The minimum Gasteiger partial charge on any atom is -0.338 e. The van der Waals surface area contributed by atoms with Crippen LogP contribution in [0.2, 0.25) is 0 Å². The van der Waals surface area contributed by atoms with Gasteiger partial charge >= 0.3 is 0 Å². The SMILES string of the molecule is CC(=Cc1ccc2c(c1)CCc1cc(C=C(C)c3ccccc3)ccc1N2C(C)C)c1ccccc1. The Kier molecular flexibility index (Phi) is 6.91. The van der Waals surface area contributed by atoms with Crippen LogP contribution >= 0.6 is 0 Å². The smallest absolute Gasteiger partial charge is 0.0446 e. The molecule has 1 aliphatic heterocycles. The van der Waals surface area contributed by atoms with E-state index in [4.69, 9.17) is 0 Å². The molecule has 1 aliphatic rings. The van der Waals surface area contributed by atoms with Crippen molar-refractivity contribution in [3.63, 3.8) is 0 Å². The van der Waals surface area contributed by atoms with Crippen LogP contribution in [0.15, 0.2) is 97.1 Å². The van der Waals surface area contributed by atoms with Crippen LogP contribution in [-0.2, 0) is 12.8 Å². The van der Waals surface area contributed by atoms with Crippen LogP contribution in [0, 0.1) is 0 Å². The third-order valence-corrected chi connectivity index (χ3v) is 7.13. The molecule has 0 fully saturated rings. The molecule has 36 heavy (non-hydrogen) atoms. The van der Waals surface area contributed by atoms with Gasteiger partial charge in [-0.1, -0.05) is 84.9 Å². The van der Waals surface area contributed by atoms with E-state index in [2.05, 4.69) is 142 Å². The molecule has 0 saturated carbocycles. The van der Waals surface area contributed by atoms with Crippen LogP contribution in [0.5, 0.6) is 0 Å². The largest absolute Gasteiger partial charge is 0.338 e. The van der Waals surface area contributed by atoms with Gasteiger partial charge in [-0.3, -0.25) is 0 Å². The Balaban J connectivity index is 1.49. The second-order valence-electron chi connectivity index (χ2n) is 10.1. The molecule has 0 radical (unpaired) electrons. The van der Waals surface area contributed by atoms with Crippen molar-refractivity contribution in [2.75, 3.05) is 4.90 Å². The summed E-state index contributed by atoms with van der Waals surface area (Å²) < 4.78 is 0. The molecule has 0 aromatic heterocycles. The van der Waals surface area contributed by atoms with E-state index in [0.717, 1.165) is 12.8 Å². The third-order valence-electron chi connectivity index (χ3n) is 7.13. The Hall–Kier alpha value is -3.84. The van der Waals surface area contributed by atoms with Crippen molar-refractivity contribution >= 4 is 34.7 Å². The summed E-state index contributed by atoms with van der Waals surface area (Å²) in [5, 5.41) is 0. The molecule has 0 N–H and O–H groups in total. The molecule has 0 bridgehead atoms. The highest BCUT2D eigenvalue weighted by Crippen LogP contribution is 2.39. The van der Waals surface area contributed by atoms with Gasteiger partial charge in [0, 0.05) is 17.4 Å². The normalized spacial score (nSPS) is 13.9. The first-order valence-electron chi connectivity index (χ1n) is 13.0. The van der Waals surface area contributed by atoms with Gasteiger partial charge < -0.3 is 4.90 Å². The number of benzene rings is 4. The monoisotopic (exact) mass is 469 g/mol. The Labute approximate surface area is 216 Å². The van der Waals surface area contributed by atoms with Crippen molar-refractivity contribution in [1.29, 1.82) is 0 Å². The first kappa shape index (κ1) is 23.9. The Morgan fingerprint density at radius 3 is 1.42 bits per heavy atom. The fourth-order valence-electron chi connectivity index (χ4n) is 5.29. The summed E-state index contributed by atoms with van der Waals surface area (Å²) >= 11 is 0. The van der Waals surface area contributed by atoms with Gasteiger partial charge in [-0.2, -0.15) is 0 Å². The maximum atomic E-state index is 2.52. The highest BCUT2D eigenvalue weighted by atomic mass is 15.2. The number of fused-ring (bicyclic) bond motifs is 2. The van der Waals surface area contributed by atoms with Crippen LogP contribution in [-0.4, -0.2) is 6.04 Å². The number of rotatable bonds is 5. The van der Waals surface area contributed by atoms with Crippen LogP contribution in [0.25, 0.3) is 23.3 Å². The summed E-state index contributed by atoms with van der Waals surface area (Å²) in [6.07, 6.45) is 6.70. The van der Waals surface area contributed by atoms with E-state index in [1.807, 2.05) is 0 Å². The quantitative estimate of drug-likeness (QED) is 0.263. The van der Waals surface area contributed by atoms with E-state index in [1.54, 1.807) is 0 Å². The lowest BCUT2D eigenvalue weighted by atomic mass is 9.98. The van der Waals surface area contributed by atoms with Crippen molar-refractivity contribution in [1.82, 2.24) is 0 Å². The first-order valence-corrected chi connectivity index (χ1v) is 13.0. The van der Waals surface area contributed by atoms with Crippen molar-refractivity contribution in [2.45, 2.75) is 46.6 Å². The highest BCUT2D eigenvalue weighted by Gasteiger charge is 2.23. The minimum atomic E-state index is 0.375. The lowest BCUT2D eigenvalue weighted by Crippen LogP contribution is -2.26. The number of hydrogen-bond donors (Lipinski definition) is 0. The predicted molar refractivity (Wildman–Crippen MR) is 158 cm³/mol. The number of allylic oxidation sites excluding steroid dienone is 2. The van der Waals surface area contributed by atoms with E-state index in [-0.39, 0.29) is 0 Å². The number of hydrogen-bond acceptors (Lipinski definition) is 1. The van der Waals surface area contributed by atoms with Gasteiger partial charge in [0.05, 0.1) is 0 Å². The molecule has 5 rings (SSSR count). The molecule has 0 unspecified atom stereocenters. The average molecular weight is 470 g/mol. The van der Waals surface area contributed by atoms with Gasteiger partial charge in [-0.15, -0.1) is 0 Å². The van der Waals surface area contributed by atoms with Gasteiger partial charge in [0.15, 0.2) is 0 Å². The molecule has 0 amide bonds. The van der Waals surface area contributed by atoms with Gasteiger partial charge in [0.2, 0.25) is 0 Å². The summed E-state index contributed by atoms with van der Waals surface area (Å²) in [5.41, 5.74) is 13.2. The molecule has 0 atom stereocenters. The molecule has 0 saturated heterocycles. The van der Waals surface area contributed by atoms with Gasteiger partial charge in [-0.05, 0) is 109 Å². The summed E-state index contributed by atoms with van der Waals surface area (Å²) in [5.74, 6) is 0. The number of aryl methyl sites for hydroxylation is 2. The molecule has 0 aliphatic carbocycles.